The lowest BCUT2D eigenvalue weighted by Gasteiger charge is -1.97. The van der Waals surface area contributed by atoms with E-state index in [1.165, 1.54) is 0 Å². The number of rotatable bonds is 1. The lowest BCUT2D eigenvalue weighted by Crippen LogP contribution is -1.76. The van der Waals surface area contributed by atoms with Gasteiger partial charge >= 0.3 is 0 Å². The first-order valence-electron chi connectivity index (χ1n) is 3.69. The highest BCUT2D eigenvalue weighted by Gasteiger charge is 2.11. The summed E-state index contributed by atoms with van der Waals surface area (Å²) in [6.07, 6.45) is 0. The van der Waals surface area contributed by atoms with Gasteiger partial charge in [-0.05, 0) is 12.1 Å². The Kier molecular flexibility index (Phi) is 2.75. The molecule has 0 aliphatic heterocycles. The Morgan fingerprint density at radius 2 is 2.15 bits per heavy atom. The molecule has 0 saturated carbocycles. The lowest BCUT2D eigenvalue weighted by molar-refractivity contribution is 1.45. The van der Waals surface area contributed by atoms with Crippen LogP contribution in [0.5, 0.6) is 0 Å². The second-order valence-electron chi connectivity index (χ2n) is 2.64. The van der Waals surface area contributed by atoms with Crippen LogP contribution >= 0.6 is 47.2 Å². The summed E-state index contributed by atoms with van der Waals surface area (Å²) in [5.41, 5.74) is 0.994. The third-order valence-corrected chi connectivity index (χ3v) is 3.96. The molecule has 1 heterocycles. The van der Waals surface area contributed by atoms with Gasteiger partial charge < -0.3 is 0 Å². The number of thiophene rings is 1. The molecular formula is C9H6Cl2S2. The van der Waals surface area contributed by atoms with Crippen LogP contribution in [0.2, 0.25) is 4.34 Å². The first kappa shape index (κ1) is 9.66. The minimum absolute atomic E-state index is 0.441. The lowest BCUT2D eigenvalue weighted by atomic mass is 10.2. The molecule has 2 aromatic rings. The molecule has 0 radical (unpaired) electrons. The van der Waals surface area contributed by atoms with Gasteiger partial charge in [0.05, 0.1) is 10.2 Å². The number of hydrogen-bond donors (Lipinski definition) is 1. The van der Waals surface area contributed by atoms with Crippen molar-refractivity contribution in [1.82, 2.24) is 0 Å². The van der Waals surface area contributed by atoms with E-state index in [4.69, 9.17) is 23.2 Å². The third kappa shape index (κ3) is 1.57. The Morgan fingerprint density at radius 3 is 2.85 bits per heavy atom. The van der Waals surface area contributed by atoms with Crippen molar-refractivity contribution >= 4 is 57.3 Å². The Bertz CT molecular complexity index is 448. The summed E-state index contributed by atoms with van der Waals surface area (Å²) in [6, 6.07) is 5.95. The van der Waals surface area contributed by atoms with Crippen LogP contribution in [0.25, 0.3) is 10.1 Å². The van der Waals surface area contributed by atoms with E-state index >= 15 is 0 Å². The first-order chi connectivity index (χ1) is 6.24. The summed E-state index contributed by atoms with van der Waals surface area (Å²) in [6.45, 7) is 0. The average Bonchev–Trinajstić information content (AvgIpc) is 2.42. The van der Waals surface area contributed by atoms with Crippen LogP contribution in [0, 0.1) is 0 Å². The Morgan fingerprint density at radius 1 is 1.38 bits per heavy atom. The molecule has 0 N–H and O–H groups in total. The molecule has 0 aliphatic rings. The highest BCUT2D eigenvalue weighted by Crippen LogP contribution is 2.38. The number of benzene rings is 1. The number of fused-ring (bicyclic) bond motifs is 1. The van der Waals surface area contributed by atoms with Gasteiger partial charge in [0.2, 0.25) is 0 Å². The summed E-state index contributed by atoms with van der Waals surface area (Å²) in [5.74, 6) is 0.441. The molecular weight excluding hydrogens is 243 g/mol. The largest absolute Gasteiger partial charge is 0.143 e. The van der Waals surface area contributed by atoms with Crippen molar-refractivity contribution in [2.45, 2.75) is 10.8 Å². The van der Waals surface area contributed by atoms with E-state index in [0.717, 1.165) is 24.9 Å². The smallest absolute Gasteiger partial charge is 0.0985 e. The number of thiol groups is 1. The van der Waals surface area contributed by atoms with Crippen LogP contribution < -0.4 is 0 Å². The van der Waals surface area contributed by atoms with Gasteiger partial charge in [-0.3, -0.25) is 0 Å². The van der Waals surface area contributed by atoms with Gasteiger partial charge in [-0.15, -0.1) is 35.6 Å². The molecule has 0 aliphatic carbocycles. The Labute approximate surface area is 95.9 Å². The molecule has 68 valence electrons. The van der Waals surface area contributed by atoms with E-state index in [-0.39, 0.29) is 0 Å². The predicted molar refractivity (Wildman–Crippen MR) is 63.6 cm³/mol. The van der Waals surface area contributed by atoms with Crippen molar-refractivity contribution in [3.8, 4) is 0 Å². The van der Waals surface area contributed by atoms with E-state index in [2.05, 4.69) is 12.6 Å². The maximum absolute atomic E-state index is 6.04. The summed E-state index contributed by atoms with van der Waals surface area (Å²) in [5, 5.41) is 1.09. The number of alkyl halides is 1. The van der Waals surface area contributed by atoms with Gasteiger partial charge in [-0.2, -0.15) is 0 Å². The fraction of sp³-hybridized carbons (Fsp3) is 0.111. The highest BCUT2D eigenvalue weighted by molar-refractivity contribution is 7.80. The Balaban J connectivity index is 2.88. The molecule has 0 amide bonds. The van der Waals surface area contributed by atoms with Gasteiger partial charge in [0.15, 0.2) is 0 Å². The van der Waals surface area contributed by atoms with Crippen LogP contribution in [-0.4, -0.2) is 0 Å². The van der Waals surface area contributed by atoms with Crippen LogP contribution in [0.4, 0.5) is 0 Å². The topological polar surface area (TPSA) is 0 Å². The normalized spacial score (nSPS) is 11.0. The molecule has 4 heteroatoms. The molecule has 0 spiro atoms. The van der Waals surface area contributed by atoms with Gasteiger partial charge in [0, 0.05) is 20.5 Å². The standard InChI is InChI=1S/C9H6Cl2S2/c10-4-5-8-6(12)2-1-3-7(8)13-9(5)11/h1-3,12H,4H2. The predicted octanol–water partition coefficient (Wildman–Crippen LogP) is 4.58. The molecule has 0 saturated heterocycles. The summed E-state index contributed by atoms with van der Waals surface area (Å²) >= 11 is 17.8. The van der Waals surface area contributed by atoms with E-state index in [9.17, 15) is 0 Å². The molecule has 0 unspecified atom stereocenters. The SMILES string of the molecule is Sc1cccc2sc(Cl)c(CCl)c12. The minimum atomic E-state index is 0.441. The fourth-order valence-electron chi connectivity index (χ4n) is 1.28. The maximum Gasteiger partial charge on any atom is 0.0985 e. The molecule has 1 aromatic heterocycles. The third-order valence-electron chi connectivity index (χ3n) is 1.88. The van der Waals surface area contributed by atoms with Crippen molar-refractivity contribution < 1.29 is 0 Å². The van der Waals surface area contributed by atoms with Crippen molar-refractivity contribution in [1.29, 1.82) is 0 Å². The van der Waals surface area contributed by atoms with Crippen LogP contribution in [0.3, 0.4) is 0 Å². The maximum atomic E-state index is 6.04. The zero-order valence-electron chi connectivity index (χ0n) is 6.55. The monoisotopic (exact) mass is 248 g/mol. The second kappa shape index (κ2) is 3.70. The van der Waals surface area contributed by atoms with Crippen LogP contribution in [0.15, 0.2) is 23.1 Å². The molecule has 13 heavy (non-hydrogen) atoms. The van der Waals surface area contributed by atoms with E-state index < -0.39 is 0 Å². The van der Waals surface area contributed by atoms with E-state index in [0.29, 0.717) is 5.88 Å². The molecule has 0 nitrogen and oxygen atoms in total. The average molecular weight is 249 g/mol. The van der Waals surface area contributed by atoms with Crippen molar-refractivity contribution in [3.63, 3.8) is 0 Å². The van der Waals surface area contributed by atoms with Crippen molar-refractivity contribution in [2.24, 2.45) is 0 Å². The number of hydrogen-bond acceptors (Lipinski definition) is 2. The highest BCUT2D eigenvalue weighted by atomic mass is 35.5. The van der Waals surface area contributed by atoms with Crippen molar-refractivity contribution in [2.75, 3.05) is 0 Å². The molecule has 0 atom stereocenters. The minimum Gasteiger partial charge on any atom is -0.143 e. The quantitative estimate of drug-likeness (QED) is 0.555. The molecule has 0 fully saturated rings. The van der Waals surface area contributed by atoms with E-state index in [1.807, 2.05) is 18.2 Å². The zero-order chi connectivity index (χ0) is 9.42. The van der Waals surface area contributed by atoms with Crippen LogP contribution in [-0.2, 0) is 5.88 Å². The Hall–Kier alpha value is 0.110. The fourth-order valence-corrected chi connectivity index (χ4v) is 3.50. The van der Waals surface area contributed by atoms with Gasteiger partial charge in [-0.1, -0.05) is 17.7 Å². The van der Waals surface area contributed by atoms with Crippen LogP contribution in [0.1, 0.15) is 5.56 Å². The van der Waals surface area contributed by atoms with Gasteiger partial charge in [0.1, 0.15) is 0 Å². The van der Waals surface area contributed by atoms with E-state index in [1.54, 1.807) is 11.3 Å². The summed E-state index contributed by atoms with van der Waals surface area (Å²) in [7, 11) is 0. The molecule has 2 rings (SSSR count). The first-order valence-corrected chi connectivity index (χ1v) is 5.86. The molecule has 1 aromatic carbocycles. The van der Waals surface area contributed by atoms with Gasteiger partial charge in [-0.25, -0.2) is 0 Å². The zero-order valence-corrected chi connectivity index (χ0v) is 9.77. The summed E-state index contributed by atoms with van der Waals surface area (Å²) in [4.78, 5) is 0.941. The second-order valence-corrected chi connectivity index (χ2v) is 5.04. The van der Waals surface area contributed by atoms with Gasteiger partial charge in [0.25, 0.3) is 0 Å². The summed E-state index contributed by atoms with van der Waals surface area (Å²) < 4.78 is 1.92. The number of halogens is 2. The van der Waals surface area contributed by atoms with Crippen molar-refractivity contribution in [3.05, 3.63) is 28.1 Å². The molecule has 0 bridgehead atoms.